The average Bonchev–Trinajstić information content (AvgIpc) is 2.58. The van der Waals surface area contributed by atoms with E-state index in [0.29, 0.717) is 0 Å². The molecule has 2 aromatic rings. The van der Waals surface area contributed by atoms with Crippen molar-refractivity contribution >= 4 is 70.3 Å². The second-order valence-electron chi connectivity index (χ2n) is 5.73. The molecule has 0 spiro atoms. The van der Waals surface area contributed by atoms with Crippen molar-refractivity contribution in [3.05, 3.63) is 60.7 Å². The molecule has 0 nitrogen and oxygen atoms in total. The monoisotopic (exact) mass is 570 g/mol. The zero-order valence-corrected chi connectivity index (χ0v) is 24.5. The molecule has 0 aliphatic rings. The van der Waals surface area contributed by atoms with Gasteiger partial charge in [-0.15, -0.1) is 0 Å². The molecule has 2 aromatic carbocycles. The number of hydrogen-bond donors (Lipinski definition) is 0. The van der Waals surface area contributed by atoms with Crippen LogP contribution in [0.5, 0.6) is 0 Å². The molecule has 130 valence electrons. The Labute approximate surface area is 175 Å². The number of hydrogen-bond acceptors (Lipinski definition) is 0. The fourth-order valence-electron chi connectivity index (χ4n) is 1.54. The Morgan fingerprint density at radius 2 is 0.708 bits per heavy atom. The second kappa shape index (κ2) is 19.8. The normalized spacial score (nSPS) is 9.08. The van der Waals surface area contributed by atoms with Crippen molar-refractivity contribution in [1.29, 1.82) is 0 Å². The number of rotatable bonds is 2. The summed E-state index contributed by atoms with van der Waals surface area (Å²) < 4.78 is 0. The molecule has 0 N–H and O–H groups in total. The van der Waals surface area contributed by atoms with Gasteiger partial charge >= 0.3 is 62.0 Å². The summed E-state index contributed by atoms with van der Waals surface area (Å²) in [4.78, 5) is 9.18. The molecule has 4 heteroatoms. The Morgan fingerprint density at radius 1 is 0.500 bits per heavy atom. The standard InChI is InChI=1S/2C8H11Si.4CH3.2Sn/c2*1-9(2)8-6-4-3-5-7-8;;;;;;/h2*3-7H,1-2H3;4*1H3;;. The molecule has 0 amide bonds. The summed E-state index contributed by atoms with van der Waals surface area (Å²) in [5, 5.41) is 3.03. The van der Waals surface area contributed by atoms with Gasteiger partial charge in [0.05, 0.1) is 17.6 Å². The maximum absolute atomic E-state index is 2.31. The fraction of sp³-hybridized carbons (Fsp3) is 0.400. The van der Waals surface area contributed by atoms with Crippen LogP contribution in [0.25, 0.3) is 0 Å². The van der Waals surface area contributed by atoms with Gasteiger partial charge in [0, 0.05) is 0 Å². The van der Waals surface area contributed by atoms with Gasteiger partial charge in [-0.1, -0.05) is 97.2 Å². The summed E-state index contributed by atoms with van der Waals surface area (Å²) in [6.07, 6.45) is 0. The van der Waals surface area contributed by atoms with Crippen LogP contribution >= 0.6 is 0 Å². The van der Waals surface area contributed by atoms with E-state index in [1.807, 2.05) is 0 Å². The van der Waals surface area contributed by atoms with Crippen LogP contribution in [0.4, 0.5) is 0 Å². The molecule has 0 aromatic heterocycles. The van der Waals surface area contributed by atoms with E-state index >= 15 is 0 Å². The first-order chi connectivity index (χ1) is 11.4. The zero-order chi connectivity index (χ0) is 18.8. The van der Waals surface area contributed by atoms with Gasteiger partial charge in [-0.25, -0.2) is 0 Å². The molecule has 24 heavy (non-hydrogen) atoms. The predicted octanol–water partition coefficient (Wildman–Crippen LogP) is 4.87. The zero-order valence-electron chi connectivity index (χ0n) is 16.8. The molecular weight excluding hydrogens is 534 g/mol. The Balaban J connectivity index is 0. The molecule has 0 bridgehead atoms. The van der Waals surface area contributed by atoms with Crippen molar-refractivity contribution in [2.75, 3.05) is 0 Å². The van der Waals surface area contributed by atoms with Crippen molar-refractivity contribution in [1.82, 2.24) is 0 Å². The average molecular weight is 568 g/mol. The van der Waals surface area contributed by atoms with Gasteiger partial charge in [0.2, 0.25) is 0 Å². The van der Waals surface area contributed by atoms with Gasteiger partial charge in [0.25, 0.3) is 0 Å². The Kier molecular flexibility index (Phi) is 22.0. The van der Waals surface area contributed by atoms with Crippen molar-refractivity contribution < 1.29 is 0 Å². The Bertz CT molecular complexity index is 414. The van der Waals surface area contributed by atoms with Crippen LogP contribution in [-0.2, 0) is 0 Å². The molecule has 0 aliphatic carbocycles. The summed E-state index contributed by atoms with van der Waals surface area (Å²) in [6.45, 7) is 9.22. The van der Waals surface area contributed by atoms with Gasteiger partial charge in [-0.05, 0) is 0 Å². The Hall–Kier alpha value is 0.471. The minimum atomic E-state index is -0.212. The van der Waals surface area contributed by atoms with Crippen LogP contribution in [0.1, 0.15) is 0 Å². The third kappa shape index (κ3) is 17.3. The van der Waals surface area contributed by atoms with E-state index in [1.54, 1.807) is 0 Å². The molecule has 0 saturated heterocycles. The van der Waals surface area contributed by atoms with E-state index < -0.39 is 0 Å². The van der Waals surface area contributed by atoms with Crippen LogP contribution < -0.4 is 10.4 Å². The molecule has 0 heterocycles. The maximum atomic E-state index is 2.31. The first kappa shape index (κ1) is 26.7. The number of benzene rings is 2. The molecule has 0 saturated carbocycles. The van der Waals surface area contributed by atoms with Crippen LogP contribution in [0.2, 0.25) is 45.9 Å². The SMILES string of the molecule is C[Si](C)c1ccccc1.C[Si](C)c1ccccc1.[CH3][Sn][CH3].[CH3][Sn][CH3]. The van der Waals surface area contributed by atoms with Gasteiger partial charge in [0.1, 0.15) is 0 Å². The molecule has 0 fully saturated rings. The van der Waals surface area contributed by atoms with Crippen LogP contribution in [0, 0.1) is 0 Å². The quantitative estimate of drug-likeness (QED) is 0.454. The summed E-state index contributed by atoms with van der Waals surface area (Å²) in [7, 11) is -0.424. The topological polar surface area (TPSA) is 0 Å². The summed E-state index contributed by atoms with van der Waals surface area (Å²) in [5.41, 5.74) is 0. The fourth-order valence-corrected chi connectivity index (χ4v) is 3.26. The van der Waals surface area contributed by atoms with Crippen LogP contribution in [0.15, 0.2) is 60.7 Å². The Morgan fingerprint density at radius 3 is 0.833 bits per heavy atom. The third-order valence-electron chi connectivity index (χ3n) is 2.70. The van der Waals surface area contributed by atoms with Gasteiger partial charge in [0.15, 0.2) is 0 Å². The van der Waals surface area contributed by atoms with Crippen molar-refractivity contribution in [3.63, 3.8) is 0 Å². The van der Waals surface area contributed by atoms with Gasteiger partial charge in [-0.3, -0.25) is 0 Å². The van der Waals surface area contributed by atoms with E-state index in [2.05, 4.69) is 107 Å². The summed E-state index contributed by atoms with van der Waals surface area (Å²) in [6, 6.07) is 21.4. The molecule has 2 rings (SSSR count). The third-order valence-corrected chi connectivity index (χ3v) is 5.68. The second-order valence-corrected chi connectivity index (χ2v) is 16.6. The molecule has 0 unspecified atom stereocenters. The van der Waals surface area contributed by atoms with Gasteiger partial charge in [-0.2, -0.15) is 0 Å². The van der Waals surface area contributed by atoms with E-state index in [0.717, 1.165) is 0 Å². The van der Waals surface area contributed by atoms with Crippen molar-refractivity contribution in [2.45, 2.75) is 45.9 Å². The summed E-state index contributed by atoms with van der Waals surface area (Å²) in [5.74, 6) is 0. The van der Waals surface area contributed by atoms with Crippen LogP contribution in [0.3, 0.4) is 0 Å². The van der Waals surface area contributed by atoms with E-state index in [-0.39, 0.29) is 59.9 Å². The van der Waals surface area contributed by atoms with Crippen molar-refractivity contribution in [2.24, 2.45) is 0 Å². The predicted molar refractivity (Wildman–Crippen MR) is 122 cm³/mol. The molecule has 0 aliphatic heterocycles. The van der Waals surface area contributed by atoms with Gasteiger partial charge < -0.3 is 0 Å². The summed E-state index contributed by atoms with van der Waals surface area (Å²) >= 11 is 0.460. The first-order valence-corrected chi connectivity index (χ1v) is 24.7. The van der Waals surface area contributed by atoms with Crippen molar-refractivity contribution in [3.8, 4) is 0 Å². The minimum absolute atomic E-state index is 0.212. The van der Waals surface area contributed by atoms with Crippen LogP contribution in [-0.4, -0.2) is 59.9 Å². The van der Waals surface area contributed by atoms with E-state index in [4.69, 9.17) is 0 Å². The van der Waals surface area contributed by atoms with E-state index in [9.17, 15) is 0 Å². The first-order valence-electron chi connectivity index (χ1n) is 8.32. The molecule has 6 radical (unpaired) electrons. The van der Waals surface area contributed by atoms with E-state index in [1.165, 1.54) is 10.4 Å². The molecule has 0 atom stereocenters. The molecular formula is C20H34Si2Sn2.